The van der Waals surface area contributed by atoms with Gasteiger partial charge in [-0.1, -0.05) is 0 Å². The molecule has 0 aromatic heterocycles. The minimum Gasteiger partial charge on any atom is -0.328 e. The molecule has 1 amide bonds. The Kier molecular flexibility index (Phi) is 6.48. The van der Waals surface area contributed by atoms with E-state index in [1.54, 1.807) is 22.5 Å². The van der Waals surface area contributed by atoms with E-state index < -0.39 is 10.0 Å². The van der Waals surface area contributed by atoms with E-state index in [0.29, 0.717) is 30.8 Å². The van der Waals surface area contributed by atoms with E-state index in [4.69, 9.17) is 5.73 Å². The number of sulfonamides is 1. The van der Waals surface area contributed by atoms with Crippen molar-refractivity contribution in [3.8, 4) is 0 Å². The number of nitrogens with two attached hydrogens (primary N) is 1. The summed E-state index contributed by atoms with van der Waals surface area (Å²) in [4.78, 5) is 11.9. The van der Waals surface area contributed by atoms with Crippen LogP contribution in [0.4, 0.5) is 5.69 Å². The monoisotopic (exact) mass is 387 g/mol. The number of piperidine rings is 1. The zero-order valence-corrected chi connectivity index (χ0v) is 16.0. The normalized spacial score (nSPS) is 23.0. The van der Waals surface area contributed by atoms with Crippen molar-refractivity contribution in [2.75, 3.05) is 18.4 Å². The summed E-state index contributed by atoms with van der Waals surface area (Å²) in [6.07, 6.45) is 3.73. The summed E-state index contributed by atoms with van der Waals surface area (Å²) in [5.74, 6) is 0.189. The Balaban J connectivity index is 0.00000225. The second kappa shape index (κ2) is 8.03. The molecule has 2 atom stereocenters. The lowest BCUT2D eigenvalue weighted by atomic mass is 9.93. The summed E-state index contributed by atoms with van der Waals surface area (Å²) in [6, 6.07) is 5.00. The van der Waals surface area contributed by atoms with Gasteiger partial charge in [-0.25, -0.2) is 8.42 Å². The van der Waals surface area contributed by atoms with E-state index >= 15 is 0 Å². The zero-order chi connectivity index (χ0) is 17.3. The molecule has 6 nitrogen and oxygen atoms in total. The fourth-order valence-electron chi connectivity index (χ4n) is 3.48. The summed E-state index contributed by atoms with van der Waals surface area (Å²) in [5, 5.41) is 2.84. The molecular weight excluding hydrogens is 362 g/mol. The highest BCUT2D eigenvalue weighted by molar-refractivity contribution is 7.89. The van der Waals surface area contributed by atoms with Gasteiger partial charge in [-0.2, -0.15) is 4.31 Å². The summed E-state index contributed by atoms with van der Waals surface area (Å²) >= 11 is 0. The van der Waals surface area contributed by atoms with Gasteiger partial charge in [0.25, 0.3) is 0 Å². The van der Waals surface area contributed by atoms with E-state index in [1.165, 1.54) is 0 Å². The number of rotatable bonds is 3. The smallest absolute Gasteiger partial charge is 0.243 e. The molecule has 3 N–H and O–H groups in total. The number of carbonyl (C=O) groups excluding carboxylic acids is 1. The third-order valence-corrected chi connectivity index (χ3v) is 6.86. The van der Waals surface area contributed by atoms with Crippen LogP contribution in [0.2, 0.25) is 0 Å². The number of anilines is 1. The Morgan fingerprint density at radius 1 is 1.28 bits per heavy atom. The third-order valence-electron chi connectivity index (χ3n) is 5.00. The van der Waals surface area contributed by atoms with Gasteiger partial charge < -0.3 is 11.1 Å². The molecule has 140 valence electrons. The maximum atomic E-state index is 13.0. The van der Waals surface area contributed by atoms with E-state index in [9.17, 15) is 13.2 Å². The van der Waals surface area contributed by atoms with Crippen molar-refractivity contribution in [3.05, 3.63) is 23.8 Å². The van der Waals surface area contributed by atoms with Crippen molar-refractivity contribution < 1.29 is 13.2 Å². The Bertz CT molecular complexity index is 737. The molecule has 2 unspecified atom stereocenters. The van der Waals surface area contributed by atoms with Crippen LogP contribution in [0.15, 0.2) is 23.1 Å². The van der Waals surface area contributed by atoms with E-state index in [1.807, 2.05) is 6.92 Å². The highest BCUT2D eigenvalue weighted by atomic mass is 35.5. The van der Waals surface area contributed by atoms with Crippen molar-refractivity contribution in [3.63, 3.8) is 0 Å². The predicted molar refractivity (Wildman–Crippen MR) is 100 cm³/mol. The zero-order valence-electron chi connectivity index (χ0n) is 14.4. The lowest BCUT2D eigenvalue weighted by Crippen LogP contribution is -2.44. The first-order valence-corrected chi connectivity index (χ1v) is 10.0. The minimum absolute atomic E-state index is 0. The number of nitrogens with one attached hydrogen (secondary N) is 1. The van der Waals surface area contributed by atoms with Crippen molar-refractivity contribution >= 4 is 34.0 Å². The van der Waals surface area contributed by atoms with Crippen molar-refractivity contribution in [1.29, 1.82) is 0 Å². The SMILES string of the molecule is CC(N)C1CCCN(S(=O)(=O)c2ccc3c(c2)CCCC(=O)N3)C1.Cl. The molecule has 8 heteroatoms. The standard InChI is InChI=1S/C17H25N3O3S.ClH/c1-12(18)14-5-3-9-20(11-14)24(22,23)15-7-8-16-13(10-15)4-2-6-17(21)19-16;/h7-8,10,12,14H,2-6,9,11,18H2,1H3,(H,19,21);1H. The van der Waals surface area contributed by atoms with E-state index in [2.05, 4.69) is 5.32 Å². The molecule has 1 aromatic rings. The van der Waals surface area contributed by atoms with Crippen LogP contribution in [-0.2, 0) is 21.2 Å². The lowest BCUT2D eigenvalue weighted by molar-refractivity contribution is -0.116. The molecule has 2 aliphatic rings. The Labute approximate surface area is 155 Å². The molecule has 2 aliphatic heterocycles. The third kappa shape index (κ3) is 4.34. The Hall–Kier alpha value is -1.15. The number of amides is 1. The largest absolute Gasteiger partial charge is 0.328 e. The topological polar surface area (TPSA) is 92.5 Å². The predicted octanol–water partition coefficient (Wildman–Crippen LogP) is 2.13. The van der Waals surface area contributed by atoms with E-state index in [-0.39, 0.29) is 30.3 Å². The van der Waals surface area contributed by atoms with Crippen LogP contribution in [0.3, 0.4) is 0 Å². The highest BCUT2D eigenvalue weighted by Gasteiger charge is 2.32. The quantitative estimate of drug-likeness (QED) is 0.830. The molecular formula is C17H26ClN3O3S. The summed E-state index contributed by atoms with van der Waals surface area (Å²) in [6.45, 7) is 2.96. The fourth-order valence-corrected chi connectivity index (χ4v) is 5.07. The van der Waals surface area contributed by atoms with Crippen LogP contribution < -0.4 is 11.1 Å². The number of halogens is 1. The molecule has 2 heterocycles. The molecule has 1 saturated heterocycles. The molecule has 0 spiro atoms. The first-order valence-electron chi connectivity index (χ1n) is 8.56. The van der Waals surface area contributed by atoms with Gasteiger partial charge >= 0.3 is 0 Å². The number of nitrogens with zero attached hydrogens (tertiary/aromatic N) is 1. The molecule has 0 radical (unpaired) electrons. The van der Waals surface area contributed by atoms with Gasteiger partial charge in [0, 0.05) is 31.2 Å². The van der Waals surface area contributed by atoms with Gasteiger partial charge in [0.15, 0.2) is 0 Å². The molecule has 1 aromatic carbocycles. The van der Waals surface area contributed by atoms with Crippen molar-refractivity contribution in [2.24, 2.45) is 11.7 Å². The first kappa shape index (κ1) is 20.2. The number of benzene rings is 1. The van der Waals surface area contributed by atoms with Crippen LogP contribution >= 0.6 is 12.4 Å². The average Bonchev–Trinajstić information content (AvgIpc) is 2.74. The highest BCUT2D eigenvalue weighted by Crippen LogP contribution is 2.29. The number of fused-ring (bicyclic) bond motifs is 1. The molecule has 0 aliphatic carbocycles. The van der Waals surface area contributed by atoms with Gasteiger partial charge in [-0.15, -0.1) is 12.4 Å². The molecule has 25 heavy (non-hydrogen) atoms. The molecule has 0 bridgehead atoms. The minimum atomic E-state index is -3.52. The number of hydrogen-bond acceptors (Lipinski definition) is 4. The Morgan fingerprint density at radius 2 is 2.04 bits per heavy atom. The van der Waals surface area contributed by atoms with Crippen LogP contribution in [0.25, 0.3) is 0 Å². The number of hydrogen-bond donors (Lipinski definition) is 2. The summed E-state index contributed by atoms with van der Waals surface area (Å²) in [5.41, 5.74) is 7.59. The van der Waals surface area contributed by atoms with Crippen molar-refractivity contribution in [2.45, 2.75) is 50.0 Å². The molecule has 1 fully saturated rings. The second-order valence-corrected chi connectivity index (χ2v) is 8.78. The second-order valence-electron chi connectivity index (χ2n) is 6.85. The van der Waals surface area contributed by atoms with Gasteiger partial charge in [0.05, 0.1) is 4.90 Å². The molecule has 3 rings (SSSR count). The Morgan fingerprint density at radius 3 is 2.76 bits per heavy atom. The van der Waals surface area contributed by atoms with Crippen LogP contribution in [0, 0.1) is 5.92 Å². The maximum absolute atomic E-state index is 13.0. The summed E-state index contributed by atoms with van der Waals surface area (Å²) in [7, 11) is -3.52. The molecule has 0 saturated carbocycles. The van der Waals surface area contributed by atoms with Crippen LogP contribution in [-0.4, -0.2) is 37.8 Å². The van der Waals surface area contributed by atoms with Crippen LogP contribution in [0.1, 0.15) is 38.2 Å². The first-order chi connectivity index (χ1) is 11.4. The lowest BCUT2D eigenvalue weighted by Gasteiger charge is -2.33. The van der Waals surface area contributed by atoms with Gasteiger partial charge in [-0.3, -0.25) is 4.79 Å². The maximum Gasteiger partial charge on any atom is 0.243 e. The van der Waals surface area contributed by atoms with Gasteiger partial charge in [0.2, 0.25) is 15.9 Å². The number of carbonyl (C=O) groups is 1. The van der Waals surface area contributed by atoms with Gasteiger partial charge in [0.1, 0.15) is 0 Å². The number of aryl methyl sites for hydroxylation is 1. The summed E-state index contributed by atoms with van der Waals surface area (Å²) < 4.78 is 27.5. The van der Waals surface area contributed by atoms with E-state index in [0.717, 1.165) is 30.5 Å². The van der Waals surface area contributed by atoms with Gasteiger partial charge in [-0.05, 0) is 62.3 Å². The van der Waals surface area contributed by atoms with Crippen molar-refractivity contribution in [1.82, 2.24) is 4.31 Å². The fraction of sp³-hybridized carbons (Fsp3) is 0.588. The van der Waals surface area contributed by atoms with Crippen LogP contribution in [0.5, 0.6) is 0 Å². The average molecular weight is 388 g/mol.